The molecule has 3 rings (SSSR count). The second-order valence-electron chi connectivity index (χ2n) is 6.17. The van der Waals surface area contributed by atoms with Crippen molar-refractivity contribution >= 4 is 33.4 Å². The van der Waals surface area contributed by atoms with Crippen LogP contribution in [0.5, 0.6) is 0 Å². The first-order chi connectivity index (χ1) is 11.8. The number of rotatable bonds is 4. The van der Waals surface area contributed by atoms with Crippen molar-refractivity contribution in [2.75, 3.05) is 10.6 Å². The van der Waals surface area contributed by atoms with Crippen molar-refractivity contribution in [1.29, 1.82) is 0 Å². The first kappa shape index (κ1) is 18.0. The van der Waals surface area contributed by atoms with Gasteiger partial charge in [0.2, 0.25) is 5.95 Å². The molecule has 0 spiro atoms. The van der Waals surface area contributed by atoms with Gasteiger partial charge in [-0.2, -0.15) is 18.2 Å². The Balaban J connectivity index is 1.90. The van der Waals surface area contributed by atoms with E-state index in [1.807, 2.05) is 19.1 Å². The molecule has 1 aliphatic rings. The number of anilines is 3. The number of aromatic nitrogens is 2. The van der Waals surface area contributed by atoms with E-state index in [1.165, 1.54) is 0 Å². The molecule has 0 saturated heterocycles. The van der Waals surface area contributed by atoms with Gasteiger partial charge in [0.25, 0.3) is 0 Å². The number of aryl methyl sites for hydroxylation is 1. The normalized spacial score (nSPS) is 15.4. The van der Waals surface area contributed by atoms with Gasteiger partial charge in [0.15, 0.2) is 5.69 Å². The number of alkyl halides is 3. The maximum absolute atomic E-state index is 13.2. The van der Waals surface area contributed by atoms with Gasteiger partial charge < -0.3 is 10.6 Å². The molecule has 25 heavy (non-hydrogen) atoms. The summed E-state index contributed by atoms with van der Waals surface area (Å²) in [4.78, 5) is 7.88. The molecule has 1 aromatic carbocycles. The fraction of sp³-hybridized carbons (Fsp3) is 0.412. The molecule has 0 bridgehead atoms. The third kappa shape index (κ3) is 4.62. The first-order valence-electron chi connectivity index (χ1n) is 8.07. The Morgan fingerprint density at radius 2 is 1.84 bits per heavy atom. The maximum atomic E-state index is 13.2. The predicted molar refractivity (Wildman–Crippen MR) is 95.1 cm³/mol. The molecule has 0 unspecified atom stereocenters. The standard InChI is InChI=1S/C17H18BrF3N4/c1-10-8-11(18)6-7-13(10)23-15-9-14(17(19,20)21)24-16(25-15)22-12-4-2-3-5-12/h6-9,12H,2-5H2,1H3,(H2,22,23,24,25). The molecule has 8 heteroatoms. The Labute approximate surface area is 152 Å². The van der Waals surface area contributed by atoms with Gasteiger partial charge in [-0.1, -0.05) is 28.8 Å². The van der Waals surface area contributed by atoms with Crippen LogP contribution in [0.2, 0.25) is 0 Å². The highest BCUT2D eigenvalue weighted by molar-refractivity contribution is 9.10. The molecule has 2 N–H and O–H groups in total. The van der Waals surface area contributed by atoms with Crippen LogP contribution in [0.1, 0.15) is 36.9 Å². The topological polar surface area (TPSA) is 49.8 Å². The minimum absolute atomic E-state index is 0.0130. The second kappa shape index (κ2) is 7.19. The largest absolute Gasteiger partial charge is 0.433 e. The molecule has 1 saturated carbocycles. The van der Waals surface area contributed by atoms with E-state index in [2.05, 4.69) is 36.5 Å². The van der Waals surface area contributed by atoms with Gasteiger partial charge >= 0.3 is 6.18 Å². The molecule has 0 atom stereocenters. The summed E-state index contributed by atoms with van der Waals surface area (Å²) in [5.74, 6) is 0.132. The van der Waals surface area contributed by atoms with Crippen LogP contribution < -0.4 is 10.6 Å². The Hall–Kier alpha value is -1.83. The molecule has 134 valence electrons. The van der Waals surface area contributed by atoms with E-state index >= 15 is 0 Å². The molecule has 1 fully saturated rings. The van der Waals surface area contributed by atoms with Gasteiger partial charge in [-0.15, -0.1) is 0 Å². The zero-order chi connectivity index (χ0) is 18.0. The predicted octanol–water partition coefficient (Wildman–Crippen LogP) is 5.66. The summed E-state index contributed by atoms with van der Waals surface area (Å²) in [7, 11) is 0. The van der Waals surface area contributed by atoms with E-state index in [9.17, 15) is 13.2 Å². The SMILES string of the molecule is Cc1cc(Br)ccc1Nc1cc(C(F)(F)F)nc(NC2CCCC2)n1. The van der Waals surface area contributed by atoms with E-state index in [-0.39, 0.29) is 17.8 Å². The third-order valence-corrected chi connectivity index (χ3v) is 4.65. The van der Waals surface area contributed by atoms with Crippen LogP contribution in [-0.4, -0.2) is 16.0 Å². The summed E-state index contributed by atoms with van der Waals surface area (Å²) in [5.41, 5.74) is 0.633. The number of benzene rings is 1. The molecule has 1 aromatic heterocycles. The molecular formula is C17H18BrF3N4. The highest BCUT2D eigenvalue weighted by Crippen LogP contribution is 2.32. The minimum atomic E-state index is -4.53. The van der Waals surface area contributed by atoms with E-state index in [1.54, 1.807) is 6.07 Å². The Morgan fingerprint density at radius 1 is 1.12 bits per heavy atom. The fourth-order valence-electron chi connectivity index (χ4n) is 2.88. The van der Waals surface area contributed by atoms with Crippen LogP contribution in [0.25, 0.3) is 0 Å². The lowest BCUT2D eigenvalue weighted by Gasteiger charge is -2.16. The van der Waals surface area contributed by atoms with Crippen molar-refractivity contribution in [3.05, 3.63) is 40.0 Å². The number of nitrogens with one attached hydrogen (secondary N) is 2. The average Bonchev–Trinajstić information content (AvgIpc) is 3.02. The molecule has 0 aliphatic heterocycles. The average molecular weight is 415 g/mol. The maximum Gasteiger partial charge on any atom is 0.433 e. The van der Waals surface area contributed by atoms with E-state index in [4.69, 9.17) is 0 Å². The van der Waals surface area contributed by atoms with E-state index in [0.717, 1.165) is 41.8 Å². The molecule has 0 amide bonds. The summed E-state index contributed by atoms with van der Waals surface area (Å²) in [6.07, 6.45) is -0.539. The van der Waals surface area contributed by atoms with Crippen LogP contribution in [-0.2, 0) is 6.18 Å². The molecule has 4 nitrogen and oxygen atoms in total. The molecule has 1 heterocycles. The van der Waals surface area contributed by atoms with Crippen molar-refractivity contribution in [3.8, 4) is 0 Å². The lowest BCUT2D eigenvalue weighted by molar-refractivity contribution is -0.141. The van der Waals surface area contributed by atoms with Gasteiger partial charge in [-0.25, -0.2) is 4.98 Å². The van der Waals surface area contributed by atoms with Crippen LogP contribution in [0, 0.1) is 6.92 Å². The van der Waals surface area contributed by atoms with Crippen molar-refractivity contribution in [1.82, 2.24) is 9.97 Å². The molecule has 2 aromatic rings. The van der Waals surface area contributed by atoms with Gasteiger partial charge in [0, 0.05) is 22.3 Å². The first-order valence-corrected chi connectivity index (χ1v) is 8.86. The minimum Gasteiger partial charge on any atom is -0.351 e. The number of hydrogen-bond donors (Lipinski definition) is 2. The number of halogens is 4. The highest BCUT2D eigenvalue weighted by Gasteiger charge is 2.34. The highest BCUT2D eigenvalue weighted by atomic mass is 79.9. The van der Waals surface area contributed by atoms with Gasteiger partial charge in [0.1, 0.15) is 5.82 Å². The van der Waals surface area contributed by atoms with Crippen molar-refractivity contribution in [3.63, 3.8) is 0 Å². The summed E-state index contributed by atoms with van der Waals surface area (Å²) in [6.45, 7) is 1.87. The lowest BCUT2D eigenvalue weighted by Crippen LogP contribution is -2.19. The lowest BCUT2D eigenvalue weighted by atomic mass is 10.2. The summed E-state index contributed by atoms with van der Waals surface area (Å²) in [5, 5.41) is 6.00. The molecule has 0 radical (unpaired) electrons. The van der Waals surface area contributed by atoms with Crippen molar-refractivity contribution in [2.24, 2.45) is 0 Å². The Kier molecular flexibility index (Phi) is 5.17. The van der Waals surface area contributed by atoms with E-state index < -0.39 is 11.9 Å². The van der Waals surface area contributed by atoms with Crippen LogP contribution in [0.4, 0.5) is 30.6 Å². The summed E-state index contributed by atoms with van der Waals surface area (Å²) < 4.78 is 40.4. The van der Waals surface area contributed by atoms with Crippen molar-refractivity contribution in [2.45, 2.75) is 44.8 Å². The third-order valence-electron chi connectivity index (χ3n) is 4.16. The Bertz CT molecular complexity index is 758. The monoisotopic (exact) mass is 414 g/mol. The van der Waals surface area contributed by atoms with Crippen LogP contribution in [0.3, 0.4) is 0 Å². The zero-order valence-corrected chi connectivity index (χ0v) is 15.2. The molecule has 1 aliphatic carbocycles. The fourth-order valence-corrected chi connectivity index (χ4v) is 3.35. The van der Waals surface area contributed by atoms with Crippen LogP contribution in [0.15, 0.2) is 28.7 Å². The zero-order valence-electron chi connectivity index (χ0n) is 13.6. The van der Waals surface area contributed by atoms with Gasteiger partial charge in [-0.05, 0) is 43.5 Å². The second-order valence-corrected chi connectivity index (χ2v) is 7.09. The summed E-state index contributed by atoms with van der Waals surface area (Å²) in [6, 6.07) is 6.55. The summed E-state index contributed by atoms with van der Waals surface area (Å²) >= 11 is 3.37. The molecular weight excluding hydrogens is 397 g/mol. The Morgan fingerprint density at radius 3 is 2.48 bits per heavy atom. The number of hydrogen-bond acceptors (Lipinski definition) is 4. The smallest absolute Gasteiger partial charge is 0.351 e. The van der Waals surface area contributed by atoms with E-state index in [0.29, 0.717) is 5.69 Å². The quantitative estimate of drug-likeness (QED) is 0.676. The number of nitrogens with zero attached hydrogens (tertiary/aromatic N) is 2. The van der Waals surface area contributed by atoms with Crippen LogP contribution >= 0.6 is 15.9 Å². The van der Waals surface area contributed by atoms with Crippen molar-refractivity contribution < 1.29 is 13.2 Å². The van der Waals surface area contributed by atoms with Gasteiger partial charge in [-0.3, -0.25) is 0 Å². The van der Waals surface area contributed by atoms with Gasteiger partial charge in [0.05, 0.1) is 0 Å².